The Kier molecular flexibility index (Phi) is 3.72. The molecule has 0 spiro atoms. The number of aryl methyl sites for hydroxylation is 1. The van der Waals surface area contributed by atoms with Crippen LogP contribution in [0, 0.1) is 0 Å². The van der Waals surface area contributed by atoms with Gasteiger partial charge in [0.25, 0.3) is 0 Å². The predicted molar refractivity (Wildman–Crippen MR) is 72.6 cm³/mol. The average Bonchev–Trinajstić information content (AvgIpc) is 2.76. The van der Waals surface area contributed by atoms with Gasteiger partial charge in [-0.3, -0.25) is 0 Å². The van der Waals surface area contributed by atoms with Crippen LogP contribution in [0.15, 0.2) is 30.6 Å². The summed E-state index contributed by atoms with van der Waals surface area (Å²) in [5.74, 6) is 1.69. The molecule has 0 radical (unpaired) electrons. The van der Waals surface area contributed by atoms with Crippen molar-refractivity contribution >= 4 is 11.4 Å². The zero-order chi connectivity index (χ0) is 13.0. The molecular weight excluding hydrogens is 228 g/mol. The summed E-state index contributed by atoms with van der Waals surface area (Å²) in [6.07, 6.45) is 3.71. The van der Waals surface area contributed by atoms with Gasteiger partial charge in [-0.2, -0.15) is 0 Å². The van der Waals surface area contributed by atoms with Gasteiger partial charge < -0.3 is 20.4 Å². The number of benzene rings is 1. The molecule has 0 saturated carbocycles. The van der Waals surface area contributed by atoms with E-state index < -0.39 is 0 Å². The van der Waals surface area contributed by atoms with Crippen molar-refractivity contribution in [2.45, 2.75) is 13.5 Å². The van der Waals surface area contributed by atoms with E-state index in [1.54, 1.807) is 6.20 Å². The molecule has 96 valence electrons. The first-order chi connectivity index (χ1) is 8.70. The van der Waals surface area contributed by atoms with Gasteiger partial charge in [-0.1, -0.05) is 0 Å². The van der Waals surface area contributed by atoms with Gasteiger partial charge in [0, 0.05) is 31.2 Å². The first-order valence-electron chi connectivity index (χ1n) is 5.93. The van der Waals surface area contributed by atoms with Crippen molar-refractivity contribution in [1.82, 2.24) is 9.55 Å². The number of rotatable bonds is 5. The number of aromatic nitrogens is 2. The Morgan fingerprint density at radius 2 is 2.28 bits per heavy atom. The molecule has 0 saturated heterocycles. The van der Waals surface area contributed by atoms with E-state index in [1.165, 1.54) is 0 Å². The van der Waals surface area contributed by atoms with Gasteiger partial charge in [-0.15, -0.1) is 0 Å². The van der Waals surface area contributed by atoms with Gasteiger partial charge in [-0.25, -0.2) is 4.98 Å². The van der Waals surface area contributed by atoms with Crippen LogP contribution in [0.3, 0.4) is 0 Å². The molecule has 0 aliphatic carbocycles. The summed E-state index contributed by atoms with van der Waals surface area (Å²) in [6, 6.07) is 5.67. The Labute approximate surface area is 107 Å². The van der Waals surface area contributed by atoms with Crippen molar-refractivity contribution in [3.8, 4) is 5.75 Å². The van der Waals surface area contributed by atoms with E-state index in [0.717, 1.165) is 11.5 Å². The number of hydrogen-bond acceptors (Lipinski definition) is 4. The van der Waals surface area contributed by atoms with Crippen LogP contribution >= 0.6 is 0 Å². The summed E-state index contributed by atoms with van der Waals surface area (Å²) in [4.78, 5) is 4.25. The van der Waals surface area contributed by atoms with E-state index in [0.29, 0.717) is 24.6 Å². The number of nitrogens with one attached hydrogen (secondary N) is 1. The molecule has 0 aliphatic heterocycles. The van der Waals surface area contributed by atoms with Gasteiger partial charge in [0.05, 0.1) is 18.8 Å². The number of ether oxygens (including phenoxy) is 1. The van der Waals surface area contributed by atoms with E-state index in [9.17, 15) is 0 Å². The van der Waals surface area contributed by atoms with Crippen LogP contribution in [0.4, 0.5) is 11.4 Å². The third-order valence-electron chi connectivity index (χ3n) is 2.68. The summed E-state index contributed by atoms with van der Waals surface area (Å²) < 4.78 is 7.43. The van der Waals surface area contributed by atoms with Crippen molar-refractivity contribution in [3.05, 3.63) is 36.4 Å². The molecule has 3 N–H and O–H groups in total. The lowest BCUT2D eigenvalue weighted by Gasteiger charge is -2.11. The molecule has 0 unspecified atom stereocenters. The van der Waals surface area contributed by atoms with Crippen molar-refractivity contribution in [3.63, 3.8) is 0 Å². The monoisotopic (exact) mass is 246 g/mol. The summed E-state index contributed by atoms with van der Waals surface area (Å²) >= 11 is 0. The van der Waals surface area contributed by atoms with E-state index in [4.69, 9.17) is 10.5 Å². The summed E-state index contributed by atoms with van der Waals surface area (Å²) in [5.41, 5.74) is 7.44. The zero-order valence-electron chi connectivity index (χ0n) is 10.7. The van der Waals surface area contributed by atoms with Crippen LogP contribution < -0.4 is 15.8 Å². The Balaban J connectivity index is 2.05. The minimum absolute atomic E-state index is 0.604. The minimum Gasteiger partial charge on any atom is -0.492 e. The van der Waals surface area contributed by atoms with Crippen molar-refractivity contribution in [2.75, 3.05) is 17.7 Å². The molecule has 2 rings (SSSR count). The third kappa shape index (κ3) is 2.74. The van der Waals surface area contributed by atoms with Crippen molar-refractivity contribution in [2.24, 2.45) is 7.05 Å². The Morgan fingerprint density at radius 3 is 2.94 bits per heavy atom. The Morgan fingerprint density at radius 1 is 1.44 bits per heavy atom. The number of nitrogens with two attached hydrogens (primary N) is 1. The van der Waals surface area contributed by atoms with Crippen molar-refractivity contribution in [1.29, 1.82) is 0 Å². The van der Waals surface area contributed by atoms with E-state index >= 15 is 0 Å². The summed E-state index contributed by atoms with van der Waals surface area (Å²) in [6.45, 7) is 3.21. The molecule has 0 bridgehead atoms. The second-order valence-corrected chi connectivity index (χ2v) is 3.99. The van der Waals surface area contributed by atoms with Crippen LogP contribution in [0.1, 0.15) is 12.7 Å². The molecule has 0 fully saturated rings. The fraction of sp³-hybridized carbons (Fsp3) is 0.308. The van der Waals surface area contributed by atoms with Crippen LogP contribution in [0.2, 0.25) is 0 Å². The quantitative estimate of drug-likeness (QED) is 0.792. The normalized spacial score (nSPS) is 10.3. The third-order valence-corrected chi connectivity index (χ3v) is 2.68. The van der Waals surface area contributed by atoms with Crippen molar-refractivity contribution < 1.29 is 4.74 Å². The molecule has 5 nitrogen and oxygen atoms in total. The SMILES string of the molecule is CCOc1cc(NCc2nccn2C)ccc1N. The maximum Gasteiger partial charge on any atom is 0.144 e. The molecule has 1 aromatic heterocycles. The van der Waals surface area contributed by atoms with Gasteiger partial charge in [0.1, 0.15) is 11.6 Å². The fourth-order valence-corrected chi connectivity index (χ4v) is 1.67. The summed E-state index contributed by atoms with van der Waals surface area (Å²) in [5, 5.41) is 3.30. The lowest BCUT2D eigenvalue weighted by Crippen LogP contribution is -2.06. The molecule has 1 aromatic carbocycles. The first-order valence-corrected chi connectivity index (χ1v) is 5.93. The van der Waals surface area contributed by atoms with Crippen LogP contribution in [0.25, 0.3) is 0 Å². The predicted octanol–water partition coefficient (Wildman–Crippen LogP) is 2.01. The molecule has 18 heavy (non-hydrogen) atoms. The van der Waals surface area contributed by atoms with Crippen LogP contribution in [-0.2, 0) is 13.6 Å². The van der Waals surface area contributed by atoms with Gasteiger partial charge in [-0.05, 0) is 19.1 Å². The van der Waals surface area contributed by atoms with E-state index in [-0.39, 0.29) is 0 Å². The fourth-order valence-electron chi connectivity index (χ4n) is 1.67. The zero-order valence-corrected chi connectivity index (χ0v) is 10.7. The molecule has 5 heteroatoms. The number of hydrogen-bond donors (Lipinski definition) is 2. The molecule has 0 atom stereocenters. The second-order valence-electron chi connectivity index (χ2n) is 3.99. The first kappa shape index (κ1) is 12.3. The topological polar surface area (TPSA) is 65.1 Å². The number of nitrogen functional groups attached to an aromatic ring is 1. The molecule has 1 heterocycles. The van der Waals surface area contributed by atoms with Crippen LogP contribution in [-0.4, -0.2) is 16.2 Å². The van der Waals surface area contributed by atoms with E-state index in [2.05, 4.69) is 10.3 Å². The number of anilines is 2. The average molecular weight is 246 g/mol. The number of nitrogens with zero attached hydrogens (tertiary/aromatic N) is 2. The Hall–Kier alpha value is -2.17. The lowest BCUT2D eigenvalue weighted by molar-refractivity contribution is 0.342. The highest BCUT2D eigenvalue weighted by Crippen LogP contribution is 2.25. The number of imidazole rings is 1. The lowest BCUT2D eigenvalue weighted by atomic mass is 10.2. The summed E-state index contributed by atoms with van der Waals surface area (Å²) in [7, 11) is 1.97. The maximum atomic E-state index is 5.82. The van der Waals surface area contributed by atoms with Crippen LogP contribution in [0.5, 0.6) is 5.75 Å². The maximum absolute atomic E-state index is 5.82. The van der Waals surface area contributed by atoms with Gasteiger partial charge in [0.2, 0.25) is 0 Å². The molecule has 0 aliphatic rings. The minimum atomic E-state index is 0.604. The standard InChI is InChI=1S/C13H18N4O/c1-3-18-12-8-10(4-5-11(12)14)16-9-13-15-6-7-17(13)2/h4-8,16H,3,9,14H2,1-2H3. The second kappa shape index (κ2) is 5.44. The van der Waals surface area contributed by atoms with E-state index in [1.807, 2.05) is 42.9 Å². The highest BCUT2D eigenvalue weighted by Gasteiger charge is 2.03. The molecular formula is C13H18N4O. The highest BCUT2D eigenvalue weighted by molar-refractivity contribution is 5.61. The highest BCUT2D eigenvalue weighted by atomic mass is 16.5. The molecule has 2 aromatic rings. The Bertz CT molecular complexity index is 521. The molecule has 0 amide bonds. The van der Waals surface area contributed by atoms with Gasteiger partial charge in [0.15, 0.2) is 0 Å². The smallest absolute Gasteiger partial charge is 0.144 e. The van der Waals surface area contributed by atoms with Gasteiger partial charge >= 0.3 is 0 Å². The largest absolute Gasteiger partial charge is 0.492 e.